The van der Waals surface area contributed by atoms with Crippen LogP contribution in [0.1, 0.15) is 31.9 Å². The summed E-state index contributed by atoms with van der Waals surface area (Å²) in [6, 6.07) is 10.3. The van der Waals surface area contributed by atoms with E-state index in [-0.39, 0.29) is 0 Å². The normalized spacial score (nSPS) is 15.2. The number of benzene rings is 1. The van der Waals surface area contributed by atoms with Crippen LogP contribution in [-0.2, 0) is 7.05 Å². The van der Waals surface area contributed by atoms with Gasteiger partial charge in [-0.15, -0.1) is 5.10 Å². The zero-order valence-electron chi connectivity index (χ0n) is 17.5. The minimum atomic E-state index is 0.706. The second kappa shape index (κ2) is 9.03. The average molecular weight is 412 g/mol. The summed E-state index contributed by atoms with van der Waals surface area (Å²) >= 11 is 1.77. The first-order valence-electron chi connectivity index (χ1n) is 10.4. The van der Waals surface area contributed by atoms with E-state index in [0.717, 1.165) is 65.3 Å². The van der Waals surface area contributed by atoms with Crippen molar-refractivity contribution in [3.63, 3.8) is 0 Å². The summed E-state index contributed by atoms with van der Waals surface area (Å²) < 4.78 is 8.23. The number of anilines is 1. The van der Waals surface area contributed by atoms with Crippen molar-refractivity contribution in [2.75, 3.05) is 30.3 Å². The van der Waals surface area contributed by atoms with Gasteiger partial charge in [-0.3, -0.25) is 0 Å². The van der Waals surface area contributed by atoms with Gasteiger partial charge in [0.2, 0.25) is 0 Å². The summed E-state index contributed by atoms with van der Waals surface area (Å²) in [5, 5.41) is 9.55. The highest BCUT2D eigenvalue weighted by Gasteiger charge is 2.20. The molecule has 1 aliphatic heterocycles. The van der Waals surface area contributed by atoms with E-state index in [0.29, 0.717) is 5.92 Å². The van der Waals surface area contributed by atoms with Crippen molar-refractivity contribution in [3.8, 4) is 5.75 Å². The number of rotatable bonds is 7. The molecular formula is C22H29N5OS. The van der Waals surface area contributed by atoms with E-state index in [1.807, 2.05) is 19.1 Å². The van der Waals surface area contributed by atoms with Crippen LogP contribution in [0.4, 0.5) is 5.82 Å². The Hall–Kier alpha value is -2.28. The summed E-state index contributed by atoms with van der Waals surface area (Å²) in [6.45, 7) is 6.97. The van der Waals surface area contributed by atoms with Crippen molar-refractivity contribution < 1.29 is 4.74 Å². The highest BCUT2D eigenvalue weighted by atomic mass is 32.2. The van der Waals surface area contributed by atoms with Gasteiger partial charge in [0, 0.05) is 26.2 Å². The molecule has 0 N–H and O–H groups in total. The lowest BCUT2D eigenvalue weighted by molar-refractivity contribution is 0.258. The number of aromatic nitrogens is 4. The second-order valence-corrected chi connectivity index (χ2v) is 8.87. The minimum absolute atomic E-state index is 0.706. The van der Waals surface area contributed by atoms with Gasteiger partial charge >= 0.3 is 0 Å². The summed E-state index contributed by atoms with van der Waals surface area (Å²) in [7, 11) is 2.07. The summed E-state index contributed by atoms with van der Waals surface area (Å²) in [5.41, 5.74) is 3.12. The Morgan fingerprint density at radius 1 is 1.14 bits per heavy atom. The molecule has 3 aromatic rings. The first-order valence-corrected chi connectivity index (χ1v) is 11.4. The van der Waals surface area contributed by atoms with Crippen LogP contribution in [0.25, 0.3) is 11.0 Å². The zero-order valence-corrected chi connectivity index (χ0v) is 18.3. The molecule has 3 heterocycles. The number of fused-ring (bicyclic) bond motifs is 1. The van der Waals surface area contributed by atoms with E-state index in [2.05, 4.69) is 56.8 Å². The molecule has 6 nitrogen and oxygen atoms in total. The third-order valence-corrected chi connectivity index (χ3v) is 6.51. The van der Waals surface area contributed by atoms with Crippen molar-refractivity contribution >= 4 is 28.6 Å². The molecule has 7 heteroatoms. The van der Waals surface area contributed by atoms with Gasteiger partial charge < -0.3 is 14.2 Å². The van der Waals surface area contributed by atoms with Gasteiger partial charge in [-0.25, -0.2) is 4.98 Å². The summed E-state index contributed by atoms with van der Waals surface area (Å²) in [4.78, 5) is 7.03. The molecule has 1 aromatic carbocycles. The summed E-state index contributed by atoms with van der Waals surface area (Å²) in [6.07, 6.45) is 3.45. The van der Waals surface area contributed by atoms with Crippen LogP contribution < -0.4 is 9.64 Å². The van der Waals surface area contributed by atoms with Crippen LogP contribution in [-0.4, -0.2) is 45.2 Å². The fourth-order valence-electron chi connectivity index (χ4n) is 3.85. The first-order chi connectivity index (χ1) is 14.1. The van der Waals surface area contributed by atoms with E-state index < -0.39 is 0 Å². The third-order valence-electron chi connectivity index (χ3n) is 5.60. The lowest BCUT2D eigenvalue weighted by atomic mass is 9.94. The minimum Gasteiger partial charge on any atom is -0.494 e. The van der Waals surface area contributed by atoms with Gasteiger partial charge in [0.1, 0.15) is 5.75 Å². The molecule has 0 radical (unpaired) electrons. The Morgan fingerprint density at radius 3 is 2.69 bits per heavy atom. The van der Waals surface area contributed by atoms with Crippen LogP contribution in [0.3, 0.4) is 0 Å². The van der Waals surface area contributed by atoms with Gasteiger partial charge in [0.25, 0.3) is 0 Å². The SMILES string of the molecule is CCSc1nc2ccc(OCCC3CCN(c4ccc(C)nn4)CC3)cc2n1C. The fourth-order valence-corrected chi connectivity index (χ4v) is 4.56. The average Bonchev–Trinajstić information content (AvgIpc) is 3.05. The molecule has 2 aromatic heterocycles. The molecule has 154 valence electrons. The molecule has 0 saturated carbocycles. The second-order valence-electron chi connectivity index (χ2n) is 7.64. The molecule has 1 fully saturated rings. The monoisotopic (exact) mass is 411 g/mol. The first kappa shape index (κ1) is 20.0. The topological polar surface area (TPSA) is 56.1 Å². The van der Waals surface area contributed by atoms with Crippen LogP contribution in [0, 0.1) is 12.8 Å². The molecule has 0 amide bonds. The van der Waals surface area contributed by atoms with Crippen LogP contribution in [0.2, 0.25) is 0 Å². The van der Waals surface area contributed by atoms with Gasteiger partial charge in [0.05, 0.1) is 23.3 Å². The number of thioether (sulfide) groups is 1. The number of aryl methyl sites for hydroxylation is 2. The standard InChI is InChI=1S/C22H29N5OS/c1-4-29-22-23-19-7-6-18(15-20(19)26(22)3)28-14-11-17-9-12-27(13-10-17)21-8-5-16(2)24-25-21/h5-8,15,17H,4,9-14H2,1-3H3. The van der Waals surface area contributed by atoms with Crippen molar-refractivity contribution in [1.29, 1.82) is 0 Å². The predicted octanol–water partition coefficient (Wildman–Crippen LogP) is 4.47. The van der Waals surface area contributed by atoms with E-state index >= 15 is 0 Å². The van der Waals surface area contributed by atoms with Crippen molar-refractivity contribution in [1.82, 2.24) is 19.7 Å². The Morgan fingerprint density at radius 2 is 1.97 bits per heavy atom. The van der Waals surface area contributed by atoms with Gasteiger partial charge in [-0.1, -0.05) is 18.7 Å². The molecule has 1 saturated heterocycles. The molecular weight excluding hydrogens is 382 g/mol. The predicted molar refractivity (Wildman–Crippen MR) is 119 cm³/mol. The van der Waals surface area contributed by atoms with E-state index in [1.54, 1.807) is 11.8 Å². The molecule has 0 bridgehead atoms. The fraction of sp³-hybridized carbons (Fsp3) is 0.500. The molecule has 29 heavy (non-hydrogen) atoms. The maximum atomic E-state index is 6.08. The van der Waals surface area contributed by atoms with Gasteiger partial charge in [-0.2, -0.15) is 5.10 Å². The van der Waals surface area contributed by atoms with Crippen LogP contribution in [0.5, 0.6) is 5.75 Å². The number of piperidine rings is 1. The number of imidazole rings is 1. The lowest BCUT2D eigenvalue weighted by Crippen LogP contribution is -2.34. The molecule has 0 spiro atoms. The Bertz CT molecular complexity index is 948. The molecule has 4 rings (SSSR count). The number of hydrogen-bond acceptors (Lipinski definition) is 6. The van der Waals surface area contributed by atoms with Gasteiger partial charge in [-0.05, 0) is 62.1 Å². The third kappa shape index (κ3) is 4.66. The number of ether oxygens (including phenoxy) is 1. The number of nitrogens with zero attached hydrogens (tertiary/aromatic N) is 5. The zero-order chi connectivity index (χ0) is 20.2. The highest BCUT2D eigenvalue weighted by Crippen LogP contribution is 2.27. The molecule has 0 atom stereocenters. The quantitative estimate of drug-likeness (QED) is 0.535. The Labute approximate surface area is 176 Å². The molecule has 0 aliphatic carbocycles. The van der Waals surface area contributed by atoms with E-state index in [9.17, 15) is 0 Å². The summed E-state index contributed by atoms with van der Waals surface area (Å²) in [5.74, 6) is 3.66. The van der Waals surface area contributed by atoms with Gasteiger partial charge in [0.15, 0.2) is 11.0 Å². The van der Waals surface area contributed by atoms with Crippen LogP contribution in [0.15, 0.2) is 35.5 Å². The molecule has 1 aliphatic rings. The van der Waals surface area contributed by atoms with E-state index in [1.165, 1.54) is 12.8 Å². The van der Waals surface area contributed by atoms with Crippen molar-refractivity contribution in [2.24, 2.45) is 13.0 Å². The lowest BCUT2D eigenvalue weighted by Gasteiger charge is -2.32. The van der Waals surface area contributed by atoms with Crippen molar-refractivity contribution in [3.05, 3.63) is 36.0 Å². The Balaban J connectivity index is 1.27. The maximum Gasteiger partial charge on any atom is 0.168 e. The smallest absolute Gasteiger partial charge is 0.168 e. The number of hydrogen-bond donors (Lipinski definition) is 0. The van der Waals surface area contributed by atoms with Crippen LogP contribution >= 0.6 is 11.8 Å². The van der Waals surface area contributed by atoms with Crippen molar-refractivity contribution in [2.45, 2.75) is 38.3 Å². The van der Waals surface area contributed by atoms with E-state index in [4.69, 9.17) is 4.74 Å². The highest BCUT2D eigenvalue weighted by molar-refractivity contribution is 7.99. The molecule has 0 unspecified atom stereocenters. The largest absolute Gasteiger partial charge is 0.494 e. The maximum absolute atomic E-state index is 6.08. The Kier molecular flexibility index (Phi) is 6.23.